The number of carbonyl (C=O) groups excluding carboxylic acids is 1. The summed E-state index contributed by atoms with van der Waals surface area (Å²) in [5, 5.41) is 10.9. The summed E-state index contributed by atoms with van der Waals surface area (Å²) in [4.78, 5) is 23.7. The molecule has 0 radical (unpaired) electrons. The number of hydrogen-bond acceptors (Lipinski definition) is 6. The quantitative estimate of drug-likeness (QED) is 0.475. The molecule has 1 aromatic rings. The highest BCUT2D eigenvalue weighted by Gasteiger charge is 2.22. The molecule has 0 N–H and O–H groups in total. The van der Waals surface area contributed by atoms with E-state index < -0.39 is 14.8 Å². The first-order chi connectivity index (χ1) is 9.80. The minimum atomic E-state index is -3.03. The summed E-state index contributed by atoms with van der Waals surface area (Å²) in [5.74, 6) is -0.180. The number of Topliss-reactive ketones (excluding diaryl/α,β-unsaturated/α-hetero) is 1. The third kappa shape index (κ3) is 3.57. The summed E-state index contributed by atoms with van der Waals surface area (Å²) in [7, 11) is -3.03. The molecule has 0 spiro atoms. The van der Waals surface area contributed by atoms with Crippen LogP contribution in [0.5, 0.6) is 0 Å². The third-order valence-corrected chi connectivity index (χ3v) is 5.19. The fourth-order valence-corrected chi connectivity index (χ4v) is 3.63. The maximum Gasteiger partial charge on any atom is 0.280 e. The van der Waals surface area contributed by atoms with Crippen molar-refractivity contribution in [3.63, 3.8) is 0 Å². The van der Waals surface area contributed by atoms with Crippen molar-refractivity contribution in [3.05, 3.63) is 33.9 Å². The summed E-state index contributed by atoms with van der Waals surface area (Å²) in [6, 6.07) is 4.33. The average Bonchev–Trinajstić information content (AvgIpc) is 2.59. The van der Waals surface area contributed by atoms with E-state index in [1.54, 1.807) is 6.07 Å². The highest BCUT2D eigenvalue weighted by atomic mass is 32.2. The van der Waals surface area contributed by atoms with Crippen LogP contribution in [-0.4, -0.2) is 43.7 Å². The molecule has 114 valence electrons. The second-order valence-corrected chi connectivity index (χ2v) is 7.31. The second kappa shape index (κ2) is 5.80. The van der Waals surface area contributed by atoms with Gasteiger partial charge in [0.15, 0.2) is 15.6 Å². The van der Waals surface area contributed by atoms with Gasteiger partial charge in [-0.25, -0.2) is 8.42 Å². The monoisotopic (exact) mass is 312 g/mol. The Morgan fingerprint density at radius 1 is 1.29 bits per heavy atom. The van der Waals surface area contributed by atoms with Gasteiger partial charge in [-0.05, 0) is 25.5 Å². The molecule has 1 aromatic carbocycles. The molecule has 0 aliphatic carbocycles. The standard InChI is InChI=1S/C13H16N2O5S/c1-10(16)12-9-11(3-4-13(12)15(17)18)14-5-2-7-21(19,20)8-6-14/h3-4,9H,2,5-8H2,1H3. The molecule has 1 aliphatic rings. The molecule has 0 atom stereocenters. The zero-order valence-electron chi connectivity index (χ0n) is 11.6. The fraction of sp³-hybridized carbons (Fsp3) is 0.462. The van der Waals surface area contributed by atoms with E-state index in [2.05, 4.69) is 0 Å². The zero-order valence-corrected chi connectivity index (χ0v) is 12.4. The van der Waals surface area contributed by atoms with Crippen LogP contribution in [-0.2, 0) is 9.84 Å². The minimum Gasteiger partial charge on any atom is -0.370 e. The van der Waals surface area contributed by atoms with Gasteiger partial charge in [0.05, 0.1) is 22.0 Å². The van der Waals surface area contributed by atoms with E-state index in [0.717, 1.165) is 0 Å². The van der Waals surface area contributed by atoms with Gasteiger partial charge in [-0.15, -0.1) is 0 Å². The number of anilines is 1. The molecule has 1 fully saturated rings. The van der Waals surface area contributed by atoms with Crippen LogP contribution in [0.25, 0.3) is 0 Å². The molecule has 2 rings (SSSR count). The topological polar surface area (TPSA) is 97.6 Å². The van der Waals surface area contributed by atoms with Gasteiger partial charge >= 0.3 is 0 Å². The van der Waals surface area contributed by atoms with Crippen LogP contribution in [0.15, 0.2) is 18.2 Å². The normalized spacial score (nSPS) is 18.0. The molecule has 21 heavy (non-hydrogen) atoms. The van der Waals surface area contributed by atoms with E-state index in [0.29, 0.717) is 25.2 Å². The van der Waals surface area contributed by atoms with Gasteiger partial charge < -0.3 is 4.90 Å². The molecule has 7 nitrogen and oxygen atoms in total. The lowest BCUT2D eigenvalue weighted by Gasteiger charge is -2.22. The van der Waals surface area contributed by atoms with Crippen LogP contribution in [0.2, 0.25) is 0 Å². The number of benzene rings is 1. The first kappa shape index (κ1) is 15.4. The summed E-state index contributed by atoms with van der Waals surface area (Å²) >= 11 is 0. The van der Waals surface area contributed by atoms with Crippen molar-refractivity contribution in [2.75, 3.05) is 29.5 Å². The van der Waals surface area contributed by atoms with Crippen molar-refractivity contribution < 1.29 is 18.1 Å². The second-order valence-electron chi connectivity index (χ2n) is 5.01. The molecule has 0 aromatic heterocycles. The van der Waals surface area contributed by atoms with Gasteiger partial charge in [-0.1, -0.05) is 0 Å². The Bertz CT molecular complexity index is 684. The minimum absolute atomic E-state index is 0.0459. The van der Waals surface area contributed by atoms with Crippen molar-refractivity contribution >= 4 is 27.0 Å². The number of rotatable bonds is 3. The molecule has 0 amide bonds. The maximum atomic E-state index is 11.6. The Labute approximate surface area is 122 Å². The van der Waals surface area contributed by atoms with E-state index in [1.807, 2.05) is 4.90 Å². The van der Waals surface area contributed by atoms with Gasteiger partial charge in [-0.3, -0.25) is 14.9 Å². The van der Waals surface area contributed by atoms with Crippen molar-refractivity contribution in [1.82, 2.24) is 0 Å². The van der Waals surface area contributed by atoms with Crippen molar-refractivity contribution in [2.24, 2.45) is 0 Å². The van der Waals surface area contributed by atoms with Gasteiger partial charge in [0, 0.05) is 24.8 Å². The molecule has 0 unspecified atom stereocenters. The molecule has 8 heteroatoms. The maximum absolute atomic E-state index is 11.6. The predicted molar refractivity (Wildman–Crippen MR) is 78.6 cm³/mol. The average molecular weight is 312 g/mol. The SMILES string of the molecule is CC(=O)c1cc(N2CCCS(=O)(=O)CC2)ccc1[N+](=O)[O-]. The lowest BCUT2D eigenvalue weighted by molar-refractivity contribution is -0.385. The van der Waals surface area contributed by atoms with E-state index in [-0.39, 0.29) is 28.5 Å². The van der Waals surface area contributed by atoms with E-state index >= 15 is 0 Å². The van der Waals surface area contributed by atoms with Gasteiger partial charge in [0.2, 0.25) is 0 Å². The highest BCUT2D eigenvalue weighted by Crippen LogP contribution is 2.26. The van der Waals surface area contributed by atoms with Crippen LogP contribution in [0.1, 0.15) is 23.7 Å². The van der Waals surface area contributed by atoms with Gasteiger partial charge in [0.25, 0.3) is 5.69 Å². The number of carbonyl (C=O) groups is 1. The number of hydrogen-bond donors (Lipinski definition) is 0. The summed E-state index contributed by atoms with van der Waals surface area (Å²) in [6.45, 7) is 2.16. The predicted octanol–water partition coefficient (Wildman–Crippen LogP) is 1.42. The van der Waals surface area contributed by atoms with E-state index in [9.17, 15) is 23.3 Å². The molecular weight excluding hydrogens is 296 g/mol. The lowest BCUT2D eigenvalue weighted by atomic mass is 10.1. The zero-order chi connectivity index (χ0) is 15.6. The third-order valence-electron chi connectivity index (χ3n) is 3.48. The molecule has 1 aliphatic heterocycles. The Morgan fingerprint density at radius 3 is 2.62 bits per heavy atom. The number of nitrogens with zero attached hydrogens (tertiary/aromatic N) is 2. The van der Waals surface area contributed by atoms with E-state index in [4.69, 9.17) is 0 Å². The van der Waals surface area contributed by atoms with Crippen molar-refractivity contribution in [3.8, 4) is 0 Å². The summed E-state index contributed by atoms with van der Waals surface area (Å²) in [6.07, 6.45) is 0.509. The van der Waals surface area contributed by atoms with Crippen LogP contribution in [0, 0.1) is 10.1 Å². The number of nitro groups is 1. The highest BCUT2D eigenvalue weighted by molar-refractivity contribution is 7.91. The van der Waals surface area contributed by atoms with Crippen LogP contribution < -0.4 is 4.90 Å². The molecule has 0 bridgehead atoms. The molecular formula is C13H16N2O5S. The Hall–Kier alpha value is -1.96. The Balaban J connectivity index is 2.34. The lowest BCUT2D eigenvalue weighted by Crippen LogP contribution is -2.26. The number of nitro benzene ring substituents is 1. The first-order valence-electron chi connectivity index (χ1n) is 6.55. The number of sulfone groups is 1. The molecule has 0 saturated carbocycles. The van der Waals surface area contributed by atoms with Gasteiger partial charge in [-0.2, -0.15) is 0 Å². The van der Waals surface area contributed by atoms with Crippen molar-refractivity contribution in [2.45, 2.75) is 13.3 Å². The van der Waals surface area contributed by atoms with Crippen LogP contribution in [0.4, 0.5) is 11.4 Å². The number of ketones is 1. The first-order valence-corrected chi connectivity index (χ1v) is 8.37. The molecule has 1 heterocycles. The smallest absolute Gasteiger partial charge is 0.280 e. The van der Waals surface area contributed by atoms with Crippen LogP contribution in [0.3, 0.4) is 0 Å². The molecule has 1 saturated heterocycles. The largest absolute Gasteiger partial charge is 0.370 e. The Morgan fingerprint density at radius 2 is 2.00 bits per heavy atom. The van der Waals surface area contributed by atoms with E-state index in [1.165, 1.54) is 19.1 Å². The summed E-state index contributed by atoms with van der Waals surface area (Å²) in [5.41, 5.74) is 0.459. The van der Waals surface area contributed by atoms with Crippen molar-refractivity contribution in [1.29, 1.82) is 0 Å². The summed E-state index contributed by atoms with van der Waals surface area (Å²) < 4.78 is 23.2. The fourth-order valence-electron chi connectivity index (χ4n) is 2.36. The Kier molecular flexibility index (Phi) is 4.26. The van der Waals surface area contributed by atoms with Crippen LogP contribution >= 0.6 is 0 Å². The van der Waals surface area contributed by atoms with Gasteiger partial charge in [0.1, 0.15) is 0 Å².